The van der Waals surface area contributed by atoms with Gasteiger partial charge < -0.3 is 9.80 Å². The van der Waals surface area contributed by atoms with Crippen LogP contribution >= 0.6 is 11.6 Å². The molecule has 0 aromatic rings. The number of rotatable bonds is 2. The molecule has 31 heavy (non-hydrogen) atoms. The van der Waals surface area contributed by atoms with E-state index >= 15 is 0 Å². The number of hydrogen-bond donors (Lipinski definition) is 1. The summed E-state index contributed by atoms with van der Waals surface area (Å²) in [7, 11) is 0. The Morgan fingerprint density at radius 2 is 1.65 bits per heavy atom. The Hall–Kier alpha value is -1.70. The second-order valence-electron chi connectivity index (χ2n) is 10.5. The minimum atomic E-state index is 0.0794. The third-order valence-corrected chi connectivity index (χ3v) is 8.98. The fraction of sp³-hybridized carbons (Fsp3) is 0.864. The first-order valence-corrected chi connectivity index (χ1v) is 12.4. The number of nitrogens with zero attached hydrogens (tertiary/aromatic N) is 5. The van der Waals surface area contributed by atoms with Crippen molar-refractivity contribution in [2.24, 2.45) is 39.0 Å². The largest absolute Gasteiger partial charge is 0.342 e. The maximum atomic E-state index is 13.1. The first kappa shape index (κ1) is 19.9. The maximum absolute atomic E-state index is 13.1. The van der Waals surface area contributed by atoms with Crippen molar-refractivity contribution in [3.63, 3.8) is 0 Å². The van der Waals surface area contributed by atoms with Gasteiger partial charge in [-0.3, -0.25) is 20.0 Å². The number of aliphatic imine (C=N–C) groups is 1. The normalized spacial score (nSPS) is 43.3. The number of likely N-dealkylation sites (tertiary alicyclic amines) is 2. The SMILES string of the molecule is O=C(C1=NC2CCC(Cl)CC2C1)N1CC2CN(C(=O)C3CCC4N=NNC4C3)CC2C1. The van der Waals surface area contributed by atoms with Crippen molar-refractivity contribution in [3.05, 3.63) is 0 Å². The Labute approximate surface area is 187 Å². The van der Waals surface area contributed by atoms with E-state index < -0.39 is 0 Å². The van der Waals surface area contributed by atoms with Gasteiger partial charge in [-0.1, -0.05) is 5.22 Å². The fourth-order valence-electron chi connectivity index (χ4n) is 6.84. The average Bonchev–Trinajstić information content (AvgIpc) is 3.53. The van der Waals surface area contributed by atoms with Crippen LogP contribution in [0.4, 0.5) is 0 Å². The van der Waals surface area contributed by atoms with Crippen molar-refractivity contribution in [1.82, 2.24) is 15.2 Å². The van der Waals surface area contributed by atoms with E-state index in [9.17, 15) is 9.59 Å². The lowest BCUT2D eigenvalue weighted by Gasteiger charge is -2.31. The Kier molecular flexibility index (Phi) is 4.96. The summed E-state index contributed by atoms with van der Waals surface area (Å²) in [6, 6.07) is 0.774. The van der Waals surface area contributed by atoms with E-state index in [0.29, 0.717) is 29.7 Å². The molecule has 4 aliphatic heterocycles. The highest BCUT2D eigenvalue weighted by atomic mass is 35.5. The fourth-order valence-corrected chi connectivity index (χ4v) is 7.20. The van der Waals surface area contributed by atoms with Gasteiger partial charge in [0.05, 0.1) is 18.1 Å². The summed E-state index contributed by atoms with van der Waals surface area (Å²) in [5, 5.41) is 8.40. The number of hydrogen-bond acceptors (Lipinski definition) is 6. The number of halogens is 1. The summed E-state index contributed by atoms with van der Waals surface area (Å²) >= 11 is 6.33. The number of nitrogens with one attached hydrogen (secondary N) is 1. The molecule has 6 rings (SSSR count). The number of carbonyl (C=O) groups excluding carboxylic acids is 2. The highest BCUT2D eigenvalue weighted by Crippen LogP contribution is 2.39. The predicted octanol–water partition coefficient (Wildman–Crippen LogP) is 2.03. The van der Waals surface area contributed by atoms with Crippen molar-refractivity contribution < 1.29 is 9.59 Å². The van der Waals surface area contributed by atoms with Gasteiger partial charge in [-0.05, 0) is 50.9 Å². The molecule has 2 aliphatic carbocycles. The van der Waals surface area contributed by atoms with Crippen LogP contribution in [0, 0.1) is 23.7 Å². The molecule has 4 heterocycles. The van der Waals surface area contributed by atoms with Gasteiger partial charge >= 0.3 is 0 Å². The van der Waals surface area contributed by atoms with E-state index in [0.717, 1.165) is 76.8 Å². The molecule has 2 saturated heterocycles. The zero-order valence-electron chi connectivity index (χ0n) is 17.8. The lowest BCUT2D eigenvalue weighted by molar-refractivity contribution is -0.136. The molecular formula is C22H31ClN6O2. The number of alkyl halides is 1. The van der Waals surface area contributed by atoms with Gasteiger partial charge in [0.25, 0.3) is 5.91 Å². The first-order valence-electron chi connectivity index (χ1n) is 12.0. The second-order valence-corrected chi connectivity index (χ2v) is 11.1. The van der Waals surface area contributed by atoms with Gasteiger partial charge in [0.1, 0.15) is 5.71 Å². The van der Waals surface area contributed by atoms with E-state index in [2.05, 4.69) is 20.7 Å². The second kappa shape index (κ2) is 7.71. The number of carbonyl (C=O) groups is 2. The van der Waals surface area contributed by atoms with Gasteiger partial charge in [-0.2, -0.15) is 5.11 Å². The van der Waals surface area contributed by atoms with Crippen LogP contribution in [-0.4, -0.2) is 77.0 Å². The molecule has 8 nitrogen and oxygen atoms in total. The number of fused-ring (bicyclic) bond motifs is 3. The lowest BCUT2D eigenvalue weighted by Crippen LogP contribution is -2.44. The highest BCUT2D eigenvalue weighted by molar-refractivity contribution is 6.39. The molecule has 168 valence electrons. The minimum absolute atomic E-state index is 0.0794. The quantitative estimate of drug-likeness (QED) is 0.658. The van der Waals surface area contributed by atoms with E-state index in [1.807, 2.05) is 4.90 Å². The van der Waals surface area contributed by atoms with Gasteiger partial charge in [-0.15, -0.1) is 11.6 Å². The van der Waals surface area contributed by atoms with Crippen LogP contribution in [-0.2, 0) is 9.59 Å². The van der Waals surface area contributed by atoms with Crippen LogP contribution in [0.1, 0.15) is 44.9 Å². The molecule has 9 heteroatoms. The van der Waals surface area contributed by atoms with Crippen molar-refractivity contribution in [2.75, 3.05) is 26.2 Å². The molecular weight excluding hydrogens is 416 g/mol. The molecule has 8 unspecified atom stereocenters. The van der Waals surface area contributed by atoms with Gasteiger partial charge in [0.15, 0.2) is 0 Å². The van der Waals surface area contributed by atoms with E-state index in [1.165, 1.54) is 0 Å². The van der Waals surface area contributed by atoms with E-state index in [1.54, 1.807) is 0 Å². The van der Waals surface area contributed by atoms with Gasteiger partial charge in [0.2, 0.25) is 5.91 Å². The zero-order chi connectivity index (χ0) is 21.1. The molecule has 0 spiro atoms. The Morgan fingerprint density at radius 3 is 2.45 bits per heavy atom. The van der Waals surface area contributed by atoms with Crippen LogP contribution in [0.3, 0.4) is 0 Å². The smallest absolute Gasteiger partial charge is 0.267 e. The molecule has 8 atom stereocenters. The summed E-state index contributed by atoms with van der Waals surface area (Å²) < 4.78 is 0. The third kappa shape index (κ3) is 3.55. The lowest BCUT2D eigenvalue weighted by atomic mass is 9.82. The number of amides is 2. The molecule has 4 fully saturated rings. The van der Waals surface area contributed by atoms with Crippen molar-refractivity contribution in [3.8, 4) is 0 Å². The van der Waals surface area contributed by atoms with Crippen molar-refractivity contribution in [1.29, 1.82) is 0 Å². The van der Waals surface area contributed by atoms with Crippen LogP contribution in [0.25, 0.3) is 0 Å². The minimum Gasteiger partial charge on any atom is -0.342 e. The van der Waals surface area contributed by atoms with Crippen molar-refractivity contribution in [2.45, 2.75) is 68.4 Å². The van der Waals surface area contributed by atoms with Crippen LogP contribution in [0.5, 0.6) is 0 Å². The molecule has 1 N–H and O–H groups in total. The molecule has 0 bridgehead atoms. The molecule has 2 amide bonds. The molecule has 6 aliphatic rings. The Balaban J connectivity index is 1.03. The molecule has 0 aromatic heterocycles. The monoisotopic (exact) mass is 446 g/mol. The Morgan fingerprint density at radius 1 is 0.903 bits per heavy atom. The van der Waals surface area contributed by atoms with E-state index in [4.69, 9.17) is 16.6 Å². The first-order chi connectivity index (χ1) is 15.0. The van der Waals surface area contributed by atoms with Gasteiger partial charge in [-0.25, -0.2) is 0 Å². The molecule has 0 aromatic carbocycles. The molecule has 0 radical (unpaired) electrons. The van der Waals surface area contributed by atoms with Crippen LogP contribution in [0.15, 0.2) is 15.3 Å². The van der Waals surface area contributed by atoms with Crippen molar-refractivity contribution >= 4 is 29.1 Å². The van der Waals surface area contributed by atoms with Crippen LogP contribution in [0.2, 0.25) is 0 Å². The standard InChI is InChI=1S/C22H31ClN6O2/c23-16-2-4-17-13(5-16)7-20(24-17)22(31)29-10-14-8-28(9-15(14)11-29)21(30)12-1-3-18-19(6-12)26-27-25-18/h12-19H,1-11H2,(H,25,26). The Bertz CT molecular complexity index is 819. The summed E-state index contributed by atoms with van der Waals surface area (Å²) in [5.41, 5.74) is 3.83. The summed E-state index contributed by atoms with van der Waals surface area (Å²) in [5.74, 6) is 1.75. The third-order valence-electron chi connectivity index (χ3n) is 8.58. The van der Waals surface area contributed by atoms with Gasteiger partial charge in [0, 0.05) is 49.3 Å². The average molecular weight is 447 g/mol. The maximum Gasteiger partial charge on any atom is 0.267 e. The zero-order valence-corrected chi connectivity index (χ0v) is 18.6. The summed E-state index contributed by atoms with van der Waals surface area (Å²) in [4.78, 5) is 35.1. The van der Waals surface area contributed by atoms with Crippen LogP contribution < -0.4 is 5.43 Å². The highest BCUT2D eigenvalue weighted by Gasteiger charge is 2.47. The molecule has 2 saturated carbocycles. The predicted molar refractivity (Wildman–Crippen MR) is 116 cm³/mol. The summed E-state index contributed by atoms with van der Waals surface area (Å²) in [6.45, 7) is 3.08. The van der Waals surface area contributed by atoms with E-state index in [-0.39, 0.29) is 29.3 Å². The topological polar surface area (TPSA) is 89.7 Å². The summed E-state index contributed by atoms with van der Waals surface area (Å²) in [6.07, 6.45) is 6.47.